The minimum Gasteiger partial charge on any atom is -0.375 e. The van der Waals surface area contributed by atoms with Crippen molar-refractivity contribution in [1.29, 1.82) is 0 Å². The van der Waals surface area contributed by atoms with Crippen molar-refractivity contribution in [2.24, 2.45) is 5.92 Å². The molecule has 29 heavy (non-hydrogen) atoms. The van der Waals surface area contributed by atoms with Gasteiger partial charge < -0.3 is 23.4 Å². The van der Waals surface area contributed by atoms with Crippen LogP contribution in [0.5, 0.6) is 0 Å². The number of ether oxygens (including phenoxy) is 2. The van der Waals surface area contributed by atoms with Gasteiger partial charge in [-0.1, -0.05) is 10.3 Å². The quantitative estimate of drug-likeness (QED) is 0.749. The molecule has 1 atom stereocenters. The zero-order chi connectivity index (χ0) is 20.4. The van der Waals surface area contributed by atoms with E-state index in [0.29, 0.717) is 48.5 Å². The van der Waals surface area contributed by atoms with Crippen LogP contribution in [0.3, 0.4) is 0 Å². The first-order valence-electron chi connectivity index (χ1n) is 10.2. The van der Waals surface area contributed by atoms with Gasteiger partial charge in [0.2, 0.25) is 0 Å². The van der Waals surface area contributed by atoms with E-state index in [0.717, 1.165) is 44.5 Å². The summed E-state index contributed by atoms with van der Waals surface area (Å²) in [6.45, 7) is 6.00. The lowest BCUT2D eigenvalue weighted by atomic mass is 9.78. The molecule has 2 saturated heterocycles. The van der Waals surface area contributed by atoms with Crippen molar-refractivity contribution in [3.63, 3.8) is 0 Å². The van der Waals surface area contributed by atoms with Crippen LogP contribution in [-0.2, 0) is 22.5 Å². The fourth-order valence-corrected chi connectivity index (χ4v) is 4.53. The van der Waals surface area contributed by atoms with Crippen molar-refractivity contribution in [2.75, 3.05) is 26.8 Å². The fourth-order valence-electron chi connectivity index (χ4n) is 4.53. The Hall–Kier alpha value is -2.26. The van der Waals surface area contributed by atoms with Crippen LogP contribution >= 0.6 is 0 Å². The Morgan fingerprint density at radius 2 is 2.03 bits per heavy atom. The number of rotatable bonds is 5. The van der Waals surface area contributed by atoms with E-state index >= 15 is 0 Å². The maximum atomic E-state index is 12.9. The topological polar surface area (TPSA) is 104 Å². The van der Waals surface area contributed by atoms with E-state index in [2.05, 4.69) is 15.3 Å². The molecule has 2 aromatic rings. The number of nitrogens with zero attached hydrogens (tertiary/aromatic N) is 4. The normalized spacial score (nSPS) is 21.6. The summed E-state index contributed by atoms with van der Waals surface area (Å²) in [6, 6.07) is 0. The number of piperidine rings is 1. The van der Waals surface area contributed by atoms with Crippen molar-refractivity contribution in [3.8, 4) is 0 Å². The average molecular weight is 404 g/mol. The van der Waals surface area contributed by atoms with Gasteiger partial charge in [0.1, 0.15) is 17.9 Å². The number of aromatic nitrogens is 3. The van der Waals surface area contributed by atoms with Crippen molar-refractivity contribution in [2.45, 2.75) is 58.2 Å². The van der Waals surface area contributed by atoms with Gasteiger partial charge in [-0.15, -0.1) is 0 Å². The highest BCUT2D eigenvalue weighted by Crippen LogP contribution is 2.39. The third-order valence-corrected chi connectivity index (χ3v) is 6.05. The molecule has 4 heterocycles. The third kappa shape index (κ3) is 4.20. The molecular weight excluding hydrogens is 376 g/mol. The molecule has 1 spiro atoms. The molecule has 2 aliphatic heterocycles. The molecule has 2 aromatic heterocycles. The number of hydrogen-bond acceptors (Lipinski definition) is 8. The van der Waals surface area contributed by atoms with Crippen LogP contribution in [0, 0.1) is 19.8 Å². The molecule has 2 aliphatic rings. The summed E-state index contributed by atoms with van der Waals surface area (Å²) < 4.78 is 21.6. The van der Waals surface area contributed by atoms with E-state index < -0.39 is 0 Å². The monoisotopic (exact) mass is 404 g/mol. The third-order valence-electron chi connectivity index (χ3n) is 6.05. The molecule has 0 aromatic carbocycles. The number of amides is 1. The Morgan fingerprint density at radius 1 is 1.24 bits per heavy atom. The van der Waals surface area contributed by atoms with Crippen molar-refractivity contribution < 1.29 is 23.3 Å². The second kappa shape index (κ2) is 8.23. The molecule has 0 saturated carbocycles. The maximum Gasteiger partial charge on any atom is 0.259 e. The Balaban J connectivity index is 1.35. The summed E-state index contributed by atoms with van der Waals surface area (Å²) in [7, 11) is 1.61. The molecule has 4 rings (SSSR count). The van der Waals surface area contributed by atoms with Gasteiger partial charge >= 0.3 is 0 Å². The smallest absolute Gasteiger partial charge is 0.259 e. The summed E-state index contributed by atoms with van der Waals surface area (Å²) in [6.07, 6.45) is 4.38. The lowest BCUT2D eigenvalue weighted by molar-refractivity contribution is -0.123. The van der Waals surface area contributed by atoms with Crippen LogP contribution in [0.4, 0.5) is 0 Å². The van der Waals surface area contributed by atoms with Gasteiger partial charge in [0.25, 0.3) is 11.8 Å². The number of likely N-dealkylation sites (tertiary alicyclic amines) is 1. The van der Waals surface area contributed by atoms with Gasteiger partial charge in [0.05, 0.1) is 11.3 Å². The van der Waals surface area contributed by atoms with E-state index in [-0.39, 0.29) is 11.5 Å². The number of methoxy groups -OCH3 is 1. The Morgan fingerprint density at radius 3 is 2.72 bits per heavy atom. The largest absolute Gasteiger partial charge is 0.375 e. The summed E-state index contributed by atoms with van der Waals surface area (Å²) in [5.74, 6) is 2.26. The highest BCUT2D eigenvalue weighted by molar-refractivity contribution is 5.96. The lowest BCUT2D eigenvalue weighted by Crippen LogP contribution is -2.51. The van der Waals surface area contributed by atoms with E-state index in [1.807, 2.05) is 4.90 Å². The molecule has 1 unspecified atom stereocenters. The molecule has 2 fully saturated rings. The summed E-state index contributed by atoms with van der Waals surface area (Å²) in [4.78, 5) is 19.2. The minimum absolute atomic E-state index is 0.000860. The Labute approximate surface area is 169 Å². The van der Waals surface area contributed by atoms with Gasteiger partial charge in [0.15, 0.2) is 5.82 Å². The molecule has 0 N–H and O–H groups in total. The summed E-state index contributed by atoms with van der Waals surface area (Å²) in [5.41, 5.74) is 1.07. The van der Waals surface area contributed by atoms with Gasteiger partial charge in [-0.3, -0.25) is 4.79 Å². The molecule has 0 bridgehead atoms. The highest BCUT2D eigenvalue weighted by atomic mass is 16.5. The van der Waals surface area contributed by atoms with Crippen LogP contribution in [-0.4, -0.2) is 58.5 Å². The van der Waals surface area contributed by atoms with Gasteiger partial charge in [0, 0.05) is 33.2 Å². The van der Waals surface area contributed by atoms with E-state index in [9.17, 15) is 4.79 Å². The SMILES string of the molecule is COCc1nc(CC2CCOC3(CCN(C(=O)c4c(C)noc4C)CC3)C2)no1. The standard InChI is InChI=1S/C20H28N4O5/c1-13-18(14(2)28-22-13)19(25)24-7-5-20(6-8-24)11-15(4-9-27-20)10-16-21-17(12-26-3)29-23-16/h15H,4-12H2,1-3H3. The summed E-state index contributed by atoms with van der Waals surface area (Å²) in [5, 5.41) is 7.97. The first kappa shape index (κ1) is 20.0. The Kier molecular flexibility index (Phi) is 5.69. The van der Waals surface area contributed by atoms with E-state index in [1.165, 1.54) is 0 Å². The van der Waals surface area contributed by atoms with Crippen LogP contribution in [0.25, 0.3) is 0 Å². The Bertz CT molecular complexity index is 833. The van der Waals surface area contributed by atoms with Crippen molar-refractivity contribution >= 4 is 5.91 Å². The van der Waals surface area contributed by atoms with Crippen molar-refractivity contribution in [1.82, 2.24) is 20.2 Å². The van der Waals surface area contributed by atoms with Crippen LogP contribution in [0.1, 0.15) is 59.2 Å². The van der Waals surface area contributed by atoms with Gasteiger partial charge in [-0.2, -0.15) is 4.98 Å². The molecule has 9 heteroatoms. The predicted octanol–water partition coefficient (Wildman–Crippen LogP) is 2.46. The molecule has 0 aliphatic carbocycles. The number of hydrogen-bond donors (Lipinski definition) is 0. The number of carbonyl (C=O) groups excluding carboxylic acids is 1. The summed E-state index contributed by atoms with van der Waals surface area (Å²) >= 11 is 0. The van der Waals surface area contributed by atoms with Gasteiger partial charge in [-0.25, -0.2) is 0 Å². The second-order valence-electron chi connectivity index (χ2n) is 8.12. The van der Waals surface area contributed by atoms with Gasteiger partial charge in [-0.05, 0) is 45.4 Å². The molecule has 0 radical (unpaired) electrons. The predicted molar refractivity (Wildman–Crippen MR) is 101 cm³/mol. The zero-order valence-electron chi connectivity index (χ0n) is 17.3. The molecule has 158 valence electrons. The lowest BCUT2D eigenvalue weighted by Gasteiger charge is -2.46. The molecule has 9 nitrogen and oxygen atoms in total. The molecular formula is C20H28N4O5. The maximum absolute atomic E-state index is 12.9. The number of aryl methyl sites for hydroxylation is 2. The first-order valence-corrected chi connectivity index (χ1v) is 10.2. The fraction of sp³-hybridized carbons (Fsp3) is 0.700. The van der Waals surface area contributed by atoms with Crippen molar-refractivity contribution in [3.05, 3.63) is 28.7 Å². The van der Waals surface area contributed by atoms with Crippen LogP contribution in [0.15, 0.2) is 9.05 Å². The van der Waals surface area contributed by atoms with Crippen LogP contribution < -0.4 is 0 Å². The second-order valence-corrected chi connectivity index (χ2v) is 8.12. The van der Waals surface area contributed by atoms with E-state index in [1.54, 1.807) is 21.0 Å². The number of carbonyl (C=O) groups is 1. The highest BCUT2D eigenvalue weighted by Gasteiger charge is 2.42. The minimum atomic E-state index is -0.169. The average Bonchev–Trinajstić information content (AvgIpc) is 3.28. The molecule has 1 amide bonds. The van der Waals surface area contributed by atoms with E-state index in [4.69, 9.17) is 18.5 Å². The first-order chi connectivity index (χ1) is 14.0. The zero-order valence-corrected chi connectivity index (χ0v) is 17.3. The van der Waals surface area contributed by atoms with Crippen LogP contribution in [0.2, 0.25) is 0 Å².